The quantitative estimate of drug-likeness (QED) is 0.578. The van der Waals surface area contributed by atoms with E-state index >= 15 is 0 Å². The zero-order chi connectivity index (χ0) is 17.7. The smallest absolute Gasteiger partial charge is 0.150 e. The van der Waals surface area contributed by atoms with Crippen molar-refractivity contribution in [2.24, 2.45) is 5.92 Å². The molecule has 0 aliphatic heterocycles. The summed E-state index contributed by atoms with van der Waals surface area (Å²) in [6.07, 6.45) is 8.87. The van der Waals surface area contributed by atoms with E-state index in [0.717, 1.165) is 24.3 Å². The molecule has 1 heterocycles. The van der Waals surface area contributed by atoms with E-state index in [2.05, 4.69) is 52.9 Å². The molecule has 3 heteroatoms. The van der Waals surface area contributed by atoms with Crippen LogP contribution in [-0.4, -0.2) is 23.9 Å². The number of rotatable bonds is 5. The molecule has 26 heavy (non-hydrogen) atoms. The number of carbonyl (C=O) groups excluding carboxylic acids is 1. The van der Waals surface area contributed by atoms with Crippen molar-refractivity contribution in [2.45, 2.75) is 51.1 Å². The van der Waals surface area contributed by atoms with Gasteiger partial charge in [-0.05, 0) is 56.2 Å². The van der Waals surface area contributed by atoms with Crippen LogP contribution in [0.1, 0.15) is 48.9 Å². The van der Waals surface area contributed by atoms with Gasteiger partial charge >= 0.3 is 0 Å². The molecule has 0 N–H and O–H groups in total. The molecular weight excluding hydrogens is 320 g/mol. The second-order valence-electron chi connectivity index (χ2n) is 8.17. The fourth-order valence-electron chi connectivity index (χ4n) is 4.62. The van der Waals surface area contributed by atoms with Gasteiger partial charge in [0.25, 0.3) is 0 Å². The minimum atomic E-state index is 0.607. The van der Waals surface area contributed by atoms with Gasteiger partial charge < -0.3 is 9.47 Å². The number of anilines is 1. The Morgan fingerprint density at radius 2 is 1.85 bits per heavy atom. The predicted octanol–water partition coefficient (Wildman–Crippen LogP) is 5.40. The molecule has 2 aliphatic carbocycles. The van der Waals surface area contributed by atoms with E-state index in [9.17, 15) is 4.79 Å². The van der Waals surface area contributed by atoms with Crippen LogP contribution in [0.5, 0.6) is 0 Å². The molecule has 134 valence electrons. The minimum Gasteiger partial charge on any atom is -0.370 e. The molecule has 0 unspecified atom stereocenters. The van der Waals surface area contributed by atoms with Gasteiger partial charge in [-0.25, -0.2) is 0 Å². The summed E-state index contributed by atoms with van der Waals surface area (Å²) in [5, 5.41) is 2.50. The first-order chi connectivity index (χ1) is 12.8. The summed E-state index contributed by atoms with van der Waals surface area (Å²) in [5.74, 6) is 0.793. The van der Waals surface area contributed by atoms with E-state index in [1.54, 1.807) is 0 Å². The third-order valence-electron chi connectivity index (χ3n) is 6.67. The first kappa shape index (κ1) is 15.9. The molecule has 0 amide bonds. The van der Waals surface area contributed by atoms with Crippen molar-refractivity contribution in [2.75, 3.05) is 11.9 Å². The second kappa shape index (κ2) is 6.15. The number of benzene rings is 2. The van der Waals surface area contributed by atoms with Gasteiger partial charge in [0.1, 0.15) is 6.29 Å². The summed E-state index contributed by atoms with van der Waals surface area (Å²) in [4.78, 5) is 14.1. The van der Waals surface area contributed by atoms with Gasteiger partial charge in [-0.1, -0.05) is 24.6 Å². The maximum atomic E-state index is 11.6. The van der Waals surface area contributed by atoms with E-state index in [0.29, 0.717) is 6.04 Å². The van der Waals surface area contributed by atoms with Crippen molar-refractivity contribution >= 4 is 33.8 Å². The number of nitrogens with zero attached hydrogens (tertiary/aromatic N) is 2. The Labute approximate surface area is 154 Å². The number of para-hydroxylation sites is 1. The maximum absolute atomic E-state index is 11.6. The first-order valence-corrected chi connectivity index (χ1v) is 9.99. The van der Waals surface area contributed by atoms with Gasteiger partial charge in [-0.3, -0.25) is 4.79 Å². The van der Waals surface area contributed by atoms with Crippen LogP contribution in [0.15, 0.2) is 36.4 Å². The Balaban J connectivity index is 1.79. The Morgan fingerprint density at radius 1 is 1.08 bits per heavy atom. The highest BCUT2D eigenvalue weighted by atomic mass is 16.1. The average molecular weight is 346 g/mol. The maximum Gasteiger partial charge on any atom is 0.150 e. The largest absolute Gasteiger partial charge is 0.370 e. The number of hydrogen-bond donors (Lipinski definition) is 0. The van der Waals surface area contributed by atoms with E-state index in [1.165, 1.54) is 66.0 Å². The summed E-state index contributed by atoms with van der Waals surface area (Å²) in [7, 11) is 2.21. The van der Waals surface area contributed by atoms with Crippen molar-refractivity contribution in [3.63, 3.8) is 0 Å². The van der Waals surface area contributed by atoms with Crippen LogP contribution in [0.2, 0.25) is 0 Å². The van der Waals surface area contributed by atoms with E-state index in [-0.39, 0.29) is 0 Å². The zero-order valence-corrected chi connectivity index (χ0v) is 15.4. The molecule has 0 saturated heterocycles. The lowest BCUT2D eigenvalue weighted by molar-refractivity contribution is 0.112. The summed E-state index contributed by atoms with van der Waals surface area (Å²) in [5.41, 5.74) is 4.63. The Morgan fingerprint density at radius 3 is 2.50 bits per heavy atom. The highest BCUT2D eigenvalue weighted by Crippen LogP contribution is 2.40. The zero-order valence-electron chi connectivity index (χ0n) is 15.4. The lowest BCUT2D eigenvalue weighted by Crippen LogP contribution is -2.37. The third-order valence-corrected chi connectivity index (χ3v) is 6.67. The molecule has 1 aromatic heterocycles. The highest BCUT2D eigenvalue weighted by Gasteiger charge is 2.27. The van der Waals surface area contributed by atoms with Gasteiger partial charge in [0.15, 0.2) is 0 Å². The standard InChI is InChI=1S/C23H26N2O/c1-24(18-8-5-9-18)22-13-17(15-26)12-20-19-10-2-3-11-21(19)25(23(20)22)14-16-6-4-7-16/h2-3,10-13,15-16,18H,4-9,14H2,1H3. The lowest BCUT2D eigenvalue weighted by Gasteiger charge is -2.37. The summed E-state index contributed by atoms with van der Waals surface area (Å²) < 4.78 is 2.54. The van der Waals surface area contributed by atoms with Crippen molar-refractivity contribution in [3.8, 4) is 0 Å². The molecule has 5 rings (SSSR count). The molecule has 0 radical (unpaired) electrons. The molecule has 3 nitrogen and oxygen atoms in total. The van der Waals surface area contributed by atoms with Gasteiger partial charge in [0.05, 0.1) is 11.2 Å². The number of carbonyl (C=O) groups is 1. The SMILES string of the molecule is CN(c1cc(C=O)cc2c3ccccc3n(CC3CCC3)c12)C1CCC1. The van der Waals surface area contributed by atoms with Crippen molar-refractivity contribution in [1.82, 2.24) is 4.57 Å². The number of aldehydes is 1. The topological polar surface area (TPSA) is 25.2 Å². The molecule has 0 atom stereocenters. The van der Waals surface area contributed by atoms with Gasteiger partial charge in [-0.15, -0.1) is 0 Å². The number of fused-ring (bicyclic) bond motifs is 3. The number of aromatic nitrogens is 1. The van der Waals surface area contributed by atoms with Gasteiger partial charge in [0.2, 0.25) is 0 Å². The fourth-order valence-corrected chi connectivity index (χ4v) is 4.62. The minimum absolute atomic E-state index is 0.607. The van der Waals surface area contributed by atoms with Crippen LogP contribution in [0.3, 0.4) is 0 Å². The highest BCUT2D eigenvalue weighted by molar-refractivity contribution is 6.13. The van der Waals surface area contributed by atoms with Crippen LogP contribution in [0.25, 0.3) is 21.8 Å². The molecule has 0 spiro atoms. The van der Waals surface area contributed by atoms with Crippen LogP contribution in [-0.2, 0) is 6.54 Å². The van der Waals surface area contributed by atoms with E-state index < -0.39 is 0 Å². The summed E-state index contributed by atoms with van der Waals surface area (Å²) in [6, 6.07) is 13.5. The van der Waals surface area contributed by atoms with Crippen molar-refractivity contribution in [3.05, 3.63) is 42.0 Å². The summed E-state index contributed by atoms with van der Waals surface area (Å²) >= 11 is 0. The monoisotopic (exact) mass is 346 g/mol. The molecule has 2 aromatic carbocycles. The Kier molecular flexibility index (Phi) is 3.77. The fraction of sp³-hybridized carbons (Fsp3) is 0.435. The van der Waals surface area contributed by atoms with Crippen molar-refractivity contribution in [1.29, 1.82) is 0 Å². The molecule has 2 saturated carbocycles. The average Bonchev–Trinajstić information content (AvgIpc) is 2.89. The van der Waals surface area contributed by atoms with Gasteiger partial charge in [0, 0.05) is 41.5 Å². The Hall–Kier alpha value is -2.29. The van der Waals surface area contributed by atoms with Crippen molar-refractivity contribution < 1.29 is 4.79 Å². The summed E-state index contributed by atoms with van der Waals surface area (Å²) in [6.45, 7) is 1.09. The van der Waals surface area contributed by atoms with Gasteiger partial charge in [-0.2, -0.15) is 0 Å². The number of hydrogen-bond acceptors (Lipinski definition) is 2. The molecule has 0 bridgehead atoms. The Bertz CT molecular complexity index is 979. The second-order valence-corrected chi connectivity index (χ2v) is 8.17. The predicted molar refractivity (Wildman–Crippen MR) is 108 cm³/mol. The van der Waals surface area contributed by atoms with Crippen LogP contribution in [0, 0.1) is 5.92 Å². The third kappa shape index (κ3) is 2.37. The molecular formula is C23H26N2O. The normalized spacial score (nSPS) is 18.0. The van der Waals surface area contributed by atoms with Crippen LogP contribution in [0.4, 0.5) is 5.69 Å². The van der Waals surface area contributed by atoms with Crippen LogP contribution < -0.4 is 4.90 Å². The lowest BCUT2D eigenvalue weighted by atomic mass is 9.85. The molecule has 2 fully saturated rings. The van der Waals surface area contributed by atoms with Crippen LogP contribution >= 0.6 is 0 Å². The van der Waals surface area contributed by atoms with E-state index in [4.69, 9.17) is 0 Å². The molecule has 3 aromatic rings. The molecule has 2 aliphatic rings. The van der Waals surface area contributed by atoms with E-state index in [1.807, 2.05) is 0 Å². The first-order valence-electron chi connectivity index (χ1n) is 9.99.